The van der Waals surface area contributed by atoms with Crippen molar-refractivity contribution < 1.29 is 9.84 Å². The summed E-state index contributed by atoms with van der Waals surface area (Å²) in [5, 5.41) is 10.7. The molecule has 19 heavy (non-hydrogen) atoms. The van der Waals surface area contributed by atoms with Gasteiger partial charge in [0.05, 0.1) is 17.3 Å². The summed E-state index contributed by atoms with van der Waals surface area (Å²) in [4.78, 5) is 0. The Labute approximate surface area is 131 Å². The van der Waals surface area contributed by atoms with Crippen LogP contribution < -0.4 is 0 Å². The van der Waals surface area contributed by atoms with Gasteiger partial charge in [-0.2, -0.15) is 0 Å². The second kappa shape index (κ2) is 5.14. The topological polar surface area (TPSA) is 29.5 Å². The second-order valence-electron chi connectivity index (χ2n) is 6.39. The molecule has 1 aromatic rings. The molecule has 0 spiro atoms. The zero-order valence-corrected chi connectivity index (χ0v) is 14.9. The lowest BCUT2D eigenvalue weighted by Crippen LogP contribution is -2.32. The first-order valence-corrected chi connectivity index (χ1v) is 8.04. The van der Waals surface area contributed by atoms with Crippen molar-refractivity contribution in [3.63, 3.8) is 0 Å². The average Bonchev–Trinajstić information content (AvgIpc) is 2.49. The molecule has 1 heterocycles. The van der Waals surface area contributed by atoms with Crippen LogP contribution in [0.1, 0.15) is 45.8 Å². The Morgan fingerprint density at radius 3 is 2.32 bits per heavy atom. The molecule has 1 aromatic carbocycles. The molecule has 1 saturated heterocycles. The lowest BCUT2D eigenvalue weighted by atomic mass is 9.80. The summed E-state index contributed by atoms with van der Waals surface area (Å²) in [7, 11) is 0. The van der Waals surface area contributed by atoms with Crippen LogP contribution in [0.5, 0.6) is 0 Å². The molecule has 0 radical (unpaired) electrons. The molecule has 106 valence electrons. The Kier molecular flexibility index (Phi) is 4.19. The van der Waals surface area contributed by atoms with Crippen molar-refractivity contribution in [2.24, 2.45) is 5.92 Å². The van der Waals surface area contributed by atoms with Crippen molar-refractivity contribution in [1.82, 2.24) is 0 Å². The van der Waals surface area contributed by atoms with Crippen LogP contribution in [0.4, 0.5) is 0 Å². The number of rotatable bonds is 2. The Bertz CT molecular complexity index is 483. The van der Waals surface area contributed by atoms with Gasteiger partial charge in [-0.25, -0.2) is 0 Å². The van der Waals surface area contributed by atoms with Gasteiger partial charge in [0.1, 0.15) is 0 Å². The van der Waals surface area contributed by atoms with Gasteiger partial charge in [-0.1, -0.05) is 6.07 Å². The number of halogens is 2. The molecule has 2 nitrogen and oxygen atoms in total. The first kappa shape index (κ1) is 15.5. The molecule has 0 saturated carbocycles. The van der Waals surface area contributed by atoms with E-state index < -0.39 is 6.10 Å². The van der Waals surface area contributed by atoms with E-state index in [0.717, 1.165) is 20.9 Å². The van der Waals surface area contributed by atoms with Crippen LogP contribution >= 0.6 is 31.9 Å². The molecule has 2 rings (SSSR count). The number of hydrogen-bond acceptors (Lipinski definition) is 2. The molecule has 1 aliphatic rings. The zero-order valence-electron chi connectivity index (χ0n) is 11.7. The van der Waals surface area contributed by atoms with Crippen molar-refractivity contribution in [1.29, 1.82) is 0 Å². The predicted octanol–water partition coefficient (Wildman–Crippen LogP) is 4.84. The van der Waals surface area contributed by atoms with Gasteiger partial charge in [-0.15, -0.1) is 0 Å². The summed E-state index contributed by atoms with van der Waals surface area (Å²) in [5.74, 6) is 0.0931. The van der Waals surface area contributed by atoms with Gasteiger partial charge in [0.15, 0.2) is 0 Å². The summed E-state index contributed by atoms with van der Waals surface area (Å²) >= 11 is 6.93. The maximum atomic E-state index is 10.7. The van der Waals surface area contributed by atoms with E-state index in [0.29, 0.717) is 0 Å². The van der Waals surface area contributed by atoms with E-state index in [9.17, 15) is 5.11 Å². The summed E-state index contributed by atoms with van der Waals surface area (Å²) in [5.41, 5.74) is 0.430. The quantitative estimate of drug-likeness (QED) is 0.781. The standard InChI is InChI=1S/C15H20Br2O2/c1-14(2)8-10(15(3,4)19-14)13(18)9-5-6-11(16)12(17)7-9/h5-7,10,13,18H,8H2,1-4H3. The van der Waals surface area contributed by atoms with Crippen LogP contribution in [0, 0.1) is 5.92 Å². The average molecular weight is 392 g/mol. The van der Waals surface area contributed by atoms with Crippen molar-refractivity contribution in [3.8, 4) is 0 Å². The maximum absolute atomic E-state index is 10.7. The first-order valence-electron chi connectivity index (χ1n) is 6.45. The van der Waals surface area contributed by atoms with Crippen LogP contribution in [-0.2, 0) is 4.74 Å². The minimum atomic E-state index is -0.513. The summed E-state index contributed by atoms with van der Waals surface area (Å²) < 4.78 is 8.01. The van der Waals surface area contributed by atoms with E-state index in [4.69, 9.17) is 4.74 Å². The molecule has 0 bridgehead atoms. The minimum absolute atomic E-state index is 0.0931. The Morgan fingerprint density at radius 1 is 1.21 bits per heavy atom. The van der Waals surface area contributed by atoms with Gasteiger partial charge in [-0.05, 0) is 83.7 Å². The summed E-state index contributed by atoms with van der Waals surface area (Å²) in [6.07, 6.45) is 0.343. The van der Waals surface area contributed by atoms with Gasteiger partial charge < -0.3 is 9.84 Å². The molecule has 0 amide bonds. The lowest BCUT2D eigenvalue weighted by molar-refractivity contribution is -0.0880. The SMILES string of the molecule is CC1(C)CC(C(O)c2ccc(Br)c(Br)c2)C(C)(C)O1. The van der Waals surface area contributed by atoms with Gasteiger partial charge in [0, 0.05) is 14.9 Å². The smallest absolute Gasteiger partial charge is 0.0847 e. The summed E-state index contributed by atoms with van der Waals surface area (Å²) in [6.45, 7) is 8.28. The van der Waals surface area contributed by atoms with Crippen LogP contribution in [0.2, 0.25) is 0 Å². The molecule has 1 aliphatic heterocycles. The van der Waals surface area contributed by atoms with E-state index >= 15 is 0 Å². The molecular weight excluding hydrogens is 372 g/mol. The van der Waals surface area contributed by atoms with Crippen LogP contribution in [-0.4, -0.2) is 16.3 Å². The fourth-order valence-corrected chi connectivity index (χ4v) is 3.67. The fourth-order valence-electron chi connectivity index (χ4n) is 3.03. The maximum Gasteiger partial charge on any atom is 0.0847 e. The number of hydrogen-bond donors (Lipinski definition) is 1. The monoisotopic (exact) mass is 390 g/mol. The predicted molar refractivity (Wildman–Crippen MR) is 84.2 cm³/mol. The van der Waals surface area contributed by atoms with E-state index in [1.54, 1.807) is 0 Å². The first-order chi connectivity index (χ1) is 8.62. The fraction of sp³-hybridized carbons (Fsp3) is 0.600. The van der Waals surface area contributed by atoms with Crippen LogP contribution in [0.3, 0.4) is 0 Å². The Hall–Kier alpha value is 0.1000. The third-order valence-corrected chi connectivity index (χ3v) is 5.69. The van der Waals surface area contributed by atoms with E-state index in [-0.39, 0.29) is 17.1 Å². The van der Waals surface area contributed by atoms with Crippen molar-refractivity contribution in [3.05, 3.63) is 32.7 Å². The van der Waals surface area contributed by atoms with Crippen LogP contribution in [0.25, 0.3) is 0 Å². The Balaban J connectivity index is 2.28. The number of benzene rings is 1. The molecule has 1 fully saturated rings. The van der Waals surface area contributed by atoms with Crippen molar-refractivity contribution in [2.45, 2.75) is 51.4 Å². The highest BCUT2D eigenvalue weighted by Gasteiger charge is 2.49. The third-order valence-electron chi connectivity index (χ3n) is 3.81. The van der Waals surface area contributed by atoms with Crippen molar-refractivity contribution in [2.75, 3.05) is 0 Å². The van der Waals surface area contributed by atoms with E-state index in [1.807, 2.05) is 18.2 Å². The zero-order chi connectivity index (χ0) is 14.4. The second-order valence-corrected chi connectivity index (χ2v) is 8.10. The van der Waals surface area contributed by atoms with Crippen LogP contribution in [0.15, 0.2) is 27.1 Å². The molecule has 0 aromatic heterocycles. The van der Waals surface area contributed by atoms with Crippen molar-refractivity contribution >= 4 is 31.9 Å². The number of ether oxygens (including phenoxy) is 1. The Morgan fingerprint density at radius 2 is 1.84 bits per heavy atom. The molecule has 0 aliphatic carbocycles. The highest BCUT2D eigenvalue weighted by Crippen LogP contribution is 2.48. The highest BCUT2D eigenvalue weighted by atomic mass is 79.9. The van der Waals surface area contributed by atoms with Gasteiger partial charge in [-0.3, -0.25) is 0 Å². The lowest BCUT2D eigenvalue weighted by Gasteiger charge is -2.30. The molecule has 4 heteroatoms. The van der Waals surface area contributed by atoms with Gasteiger partial charge >= 0.3 is 0 Å². The number of aliphatic hydroxyl groups excluding tert-OH is 1. The largest absolute Gasteiger partial charge is 0.388 e. The number of aliphatic hydroxyl groups is 1. The third kappa shape index (κ3) is 3.23. The van der Waals surface area contributed by atoms with Gasteiger partial charge in [0.25, 0.3) is 0 Å². The summed E-state index contributed by atoms with van der Waals surface area (Å²) in [6, 6.07) is 5.88. The molecule has 1 N–H and O–H groups in total. The minimum Gasteiger partial charge on any atom is -0.388 e. The normalized spacial score (nSPS) is 26.4. The molecular formula is C15H20Br2O2. The van der Waals surface area contributed by atoms with E-state index in [1.165, 1.54) is 0 Å². The highest BCUT2D eigenvalue weighted by molar-refractivity contribution is 9.13. The molecule has 2 atom stereocenters. The molecule has 2 unspecified atom stereocenters. The van der Waals surface area contributed by atoms with E-state index in [2.05, 4.69) is 59.6 Å². The van der Waals surface area contributed by atoms with Gasteiger partial charge in [0.2, 0.25) is 0 Å².